The SMILES string of the molecule is CC(C)O.O=CC1=CCCC1. The van der Waals surface area contributed by atoms with Crippen LogP contribution in [0.25, 0.3) is 0 Å². The topological polar surface area (TPSA) is 37.3 Å². The first-order chi connectivity index (χ1) is 5.16. The lowest BCUT2D eigenvalue weighted by atomic mass is 10.3. The third-order valence-electron chi connectivity index (χ3n) is 1.23. The predicted octanol–water partition coefficient (Wildman–Crippen LogP) is 1.68. The van der Waals surface area contributed by atoms with E-state index in [1.54, 1.807) is 13.8 Å². The van der Waals surface area contributed by atoms with Gasteiger partial charge >= 0.3 is 0 Å². The zero-order chi connectivity index (χ0) is 8.69. The van der Waals surface area contributed by atoms with Gasteiger partial charge in [-0.15, -0.1) is 0 Å². The number of aliphatic hydroxyl groups excluding tert-OH is 1. The van der Waals surface area contributed by atoms with Crippen molar-refractivity contribution in [1.82, 2.24) is 0 Å². The minimum atomic E-state index is -0.167. The van der Waals surface area contributed by atoms with Gasteiger partial charge in [0, 0.05) is 6.10 Å². The Hall–Kier alpha value is -0.630. The van der Waals surface area contributed by atoms with E-state index >= 15 is 0 Å². The van der Waals surface area contributed by atoms with Crippen LogP contribution in [0.1, 0.15) is 33.1 Å². The second-order valence-electron chi connectivity index (χ2n) is 2.88. The maximum Gasteiger partial charge on any atom is 0.145 e. The van der Waals surface area contributed by atoms with Gasteiger partial charge in [-0.3, -0.25) is 4.79 Å². The highest BCUT2D eigenvalue weighted by atomic mass is 16.3. The maximum atomic E-state index is 9.94. The van der Waals surface area contributed by atoms with Gasteiger partial charge < -0.3 is 5.11 Å². The molecule has 0 radical (unpaired) electrons. The second kappa shape index (κ2) is 6.10. The van der Waals surface area contributed by atoms with E-state index in [1.807, 2.05) is 6.08 Å². The van der Waals surface area contributed by atoms with Gasteiger partial charge in [0.15, 0.2) is 0 Å². The van der Waals surface area contributed by atoms with Gasteiger partial charge in [-0.25, -0.2) is 0 Å². The molecule has 0 saturated heterocycles. The Balaban J connectivity index is 0.000000218. The molecule has 1 aliphatic rings. The van der Waals surface area contributed by atoms with Crippen molar-refractivity contribution < 1.29 is 9.90 Å². The monoisotopic (exact) mass is 156 g/mol. The average Bonchev–Trinajstić information content (AvgIpc) is 2.36. The van der Waals surface area contributed by atoms with Crippen molar-refractivity contribution in [3.05, 3.63) is 11.6 Å². The van der Waals surface area contributed by atoms with Crippen molar-refractivity contribution in [2.24, 2.45) is 0 Å². The van der Waals surface area contributed by atoms with E-state index in [9.17, 15) is 4.79 Å². The largest absolute Gasteiger partial charge is 0.394 e. The van der Waals surface area contributed by atoms with Crippen molar-refractivity contribution in [1.29, 1.82) is 0 Å². The zero-order valence-corrected chi connectivity index (χ0v) is 7.21. The molecule has 1 N–H and O–H groups in total. The molecule has 0 aromatic carbocycles. The van der Waals surface area contributed by atoms with Crippen LogP contribution in [-0.4, -0.2) is 17.5 Å². The van der Waals surface area contributed by atoms with E-state index in [-0.39, 0.29) is 6.10 Å². The third-order valence-corrected chi connectivity index (χ3v) is 1.23. The van der Waals surface area contributed by atoms with Gasteiger partial charge in [-0.2, -0.15) is 0 Å². The fourth-order valence-electron chi connectivity index (χ4n) is 0.803. The summed E-state index contributed by atoms with van der Waals surface area (Å²) < 4.78 is 0. The summed E-state index contributed by atoms with van der Waals surface area (Å²) in [6.07, 6.45) is 6.08. The van der Waals surface area contributed by atoms with Crippen LogP contribution in [0.2, 0.25) is 0 Å². The minimum absolute atomic E-state index is 0.167. The maximum absolute atomic E-state index is 9.94. The summed E-state index contributed by atoms with van der Waals surface area (Å²) in [7, 11) is 0. The summed E-state index contributed by atoms with van der Waals surface area (Å²) in [6.45, 7) is 3.44. The molecular weight excluding hydrogens is 140 g/mol. The van der Waals surface area contributed by atoms with E-state index in [4.69, 9.17) is 5.11 Å². The first kappa shape index (κ1) is 10.4. The first-order valence-corrected chi connectivity index (χ1v) is 3.99. The van der Waals surface area contributed by atoms with Crippen molar-refractivity contribution in [2.45, 2.75) is 39.2 Å². The Kier molecular flexibility index (Phi) is 5.75. The Morgan fingerprint density at radius 2 is 2.18 bits per heavy atom. The van der Waals surface area contributed by atoms with Crippen LogP contribution in [-0.2, 0) is 4.79 Å². The Bertz CT molecular complexity index is 134. The smallest absolute Gasteiger partial charge is 0.145 e. The van der Waals surface area contributed by atoms with Crippen LogP contribution in [0.15, 0.2) is 11.6 Å². The Morgan fingerprint density at radius 3 is 2.36 bits per heavy atom. The van der Waals surface area contributed by atoms with Crippen LogP contribution in [0.3, 0.4) is 0 Å². The van der Waals surface area contributed by atoms with E-state index in [0.717, 1.165) is 24.7 Å². The van der Waals surface area contributed by atoms with Crippen molar-refractivity contribution in [3.8, 4) is 0 Å². The van der Waals surface area contributed by atoms with E-state index in [0.29, 0.717) is 0 Å². The predicted molar refractivity (Wildman–Crippen MR) is 45.4 cm³/mol. The van der Waals surface area contributed by atoms with Crippen molar-refractivity contribution in [3.63, 3.8) is 0 Å². The van der Waals surface area contributed by atoms with Crippen LogP contribution in [0, 0.1) is 0 Å². The molecule has 1 aliphatic carbocycles. The molecule has 2 heteroatoms. The van der Waals surface area contributed by atoms with Crippen molar-refractivity contribution in [2.75, 3.05) is 0 Å². The van der Waals surface area contributed by atoms with Gasteiger partial charge in [0.2, 0.25) is 0 Å². The molecular formula is C9H16O2. The number of carbonyl (C=O) groups is 1. The number of carbonyl (C=O) groups excluding carboxylic acids is 1. The lowest BCUT2D eigenvalue weighted by molar-refractivity contribution is -0.105. The number of rotatable bonds is 1. The van der Waals surface area contributed by atoms with Gasteiger partial charge in [-0.1, -0.05) is 6.08 Å². The fourth-order valence-corrected chi connectivity index (χ4v) is 0.803. The molecule has 0 amide bonds. The molecule has 0 aliphatic heterocycles. The number of aldehydes is 1. The normalized spacial score (nSPS) is 15.5. The quantitative estimate of drug-likeness (QED) is 0.586. The number of hydrogen-bond acceptors (Lipinski definition) is 2. The van der Waals surface area contributed by atoms with Crippen LogP contribution < -0.4 is 0 Å². The summed E-state index contributed by atoms with van der Waals surface area (Å²) in [5.74, 6) is 0. The highest BCUT2D eigenvalue weighted by Crippen LogP contribution is 2.14. The van der Waals surface area contributed by atoms with Gasteiger partial charge in [0.1, 0.15) is 6.29 Å². The molecule has 0 aromatic rings. The van der Waals surface area contributed by atoms with Crippen molar-refractivity contribution >= 4 is 6.29 Å². The number of hydrogen-bond donors (Lipinski definition) is 1. The van der Waals surface area contributed by atoms with E-state index in [2.05, 4.69) is 0 Å². The van der Waals surface area contributed by atoms with Gasteiger partial charge in [0.05, 0.1) is 0 Å². The summed E-state index contributed by atoms with van der Waals surface area (Å²) in [5.41, 5.74) is 0.986. The Labute approximate surface area is 67.9 Å². The third kappa shape index (κ3) is 7.26. The summed E-state index contributed by atoms with van der Waals surface area (Å²) in [6, 6.07) is 0. The molecule has 0 spiro atoms. The first-order valence-electron chi connectivity index (χ1n) is 3.99. The summed E-state index contributed by atoms with van der Waals surface area (Å²) >= 11 is 0. The summed E-state index contributed by atoms with van der Waals surface area (Å²) in [5, 5.41) is 8.06. The fraction of sp³-hybridized carbons (Fsp3) is 0.667. The number of aliphatic hydroxyl groups is 1. The molecule has 0 atom stereocenters. The molecule has 0 unspecified atom stereocenters. The minimum Gasteiger partial charge on any atom is -0.394 e. The highest BCUT2D eigenvalue weighted by molar-refractivity contribution is 5.73. The van der Waals surface area contributed by atoms with Crippen LogP contribution in [0.4, 0.5) is 0 Å². The average molecular weight is 156 g/mol. The molecule has 0 fully saturated rings. The molecule has 64 valence electrons. The summed E-state index contributed by atoms with van der Waals surface area (Å²) in [4.78, 5) is 9.94. The van der Waals surface area contributed by atoms with E-state index in [1.165, 1.54) is 6.42 Å². The van der Waals surface area contributed by atoms with Crippen LogP contribution >= 0.6 is 0 Å². The van der Waals surface area contributed by atoms with Gasteiger partial charge in [-0.05, 0) is 38.7 Å². The molecule has 0 aromatic heterocycles. The number of allylic oxidation sites excluding steroid dienone is 2. The molecule has 1 rings (SSSR count). The molecule has 0 saturated carbocycles. The highest BCUT2D eigenvalue weighted by Gasteiger charge is 1.99. The lowest BCUT2D eigenvalue weighted by Gasteiger charge is -1.80. The molecule has 2 nitrogen and oxygen atoms in total. The van der Waals surface area contributed by atoms with Crippen LogP contribution in [0.5, 0.6) is 0 Å². The molecule has 0 bridgehead atoms. The van der Waals surface area contributed by atoms with E-state index < -0.39 is 0 Å². The van der Waals surface area contributed by atoms with Gasteiger partial charge in [0.25, 0.3) is 0 Å². The zero-order valence-electron chi connectivity index (χ0n) is 7.21. The molecule has 11 heavy (non-hydrogen) atoms. The standard InChI is InChI=1S/C6H8O.C3H8O/c7-5-6-3-1-2-4-6;1-3(2)4/h3,5H,1-2,4H2;3-4H,1-2H3. The molecule has 0 heterocycles. The Morgan fingerprint density at radius 1 is 1.64 bits per heavy atom. The lowest BCUT2D eigenvalue weighted by Crippen LogP contribution is -1.85. The second-order valence-corrected chi connectivity index (χ2v) is 2.88.